The first-order valence-electron chi connectivity index (χ1n) is 8.01. The molecule has 0 saturated heterocycles. The van der Waals surface area contributed by atoms with Crippen LogP contribution in [0.3, 0.4) is 0 Å². The van der Waals surface area contributed by atoms with Gasteiger partial charge in [0.25, 0.3) is 0 Å². The van der Waals surface area contributed by atoms with E-state index in [1.807, 2.05) is 30.3 Å². The number of ether oxygens (including phenoxy) is 1. The third kappa shape index (κ3) is 6.02. The summed E-state index contributed by atoms with van der Waals surface area (Å²) in [5, 5.41) is 6.65. The summed E-state index contributed by atoms with van der Waals surface area (Å²) in [6.07, 6.45) is 0.924. The second-order valence-electron chi connectivity index (χ2n) is 5.21. The Labute approximate surface area is 138 Å². The van der Waals surface area contributed by atoms with E-state index in [0.29, 0.717) is 6.54 Å². The van der Waals surface area contributed by atoms with Gasteiger partial charge in [0.05, 0.1) is 13.7 Å². The number of nitrogens with one attached hydrogen (secondary N) is 2. The quantitative estimate of drug-likeness (QED) is 0.610. The lowest BCUT2D eigenvalue weighted by atomic mass is 10.1. The van der Waals surface area contributed by atoms with Crippen molar-refractivity contribution in [1.82, 2.24) is 10.6 Å². The number of rotatable bonds is 7. The van der Waals surface area contributed by atoms with Gasteiger partial charge in [0, 0.05) is 13.1 Å². The van der Waals surface area contributed by atoms with Gasteiger partial charge >= 0.3 is 0 Å². The number of aliphatic imine (C=N–C) groups is 1. The van der Waals surface area contributed by atoms with Crippen LogP contribution < -0.4 is 15.4 Å². The van der Waals surface area contributed by atoms with Crippen molar-refractivity contribution in [2.45, 2.75) is 19.9 Å². The first kappa shape index (κ1) is 16.9. The van der Waals surface area contributed by atoms with E-state index in [9.17, 15) is 0 Å². The van der Waals surface area contributed by atoms with Gasteiger partial charge in [0.1, 0.15) is 5.75 Å². The van der Waals surface area contributed by atoms with E-state index < -0.39 is 0 Å². The second-order valence-corrected chi connectivity index (χ2v) is 5.21. The SMILES string of the molecule is CCNC(=NCc1ccccc1)NCCc1cccc(OC)c1. The molecule has 4 nitrogen and oxygen atoms in total. The van der Waals surface area contributed by atoms with E-state index in [1.54, 1.807) is 7.11 Å². The Morgan fingerprint density at radius 3 is 2.52 bits per heavy atom. The summed E-state index contributed by atoms with van der Waals surface area (Å²) < 4.78 is 5.25. The molecule has 2 aromatic rings. The number of guanidine groups is 1. The Bertz CT molecular complexity index is 611. The minimum absolute atomic E-state index is 0.676. The molecule has 2 rings (SSSR count). The summed E-state index contributed by atoms with van der Waals surface area (Å²) in [6, 6.07) is 18.4. The molecule has 0 spiro atoms. The Balaban J connectivity index is 1.86. The average molecular weight is 311 g/mol. The molecule has 0 atom stereocenters. The molecule has 0 bridgehead atoms. The van der Waals surface area contributed by atoms with Crippen LogP contribution in [-0.2, 0) is 13.0 Å². The van der Waals surface area contributed by atoms with Gasteiger partial charge in [0.2, 0.25) is 0 Å². The smallest absolute Gasteiger partial charge is 0.191 e. The van der Waals surface area contributed by atoms with E-state index in [2.05, 4.69) is 46.8 Å². The topological polar surface area (TPSA) is 45.7 Å². The van der Waals surface area contributed by atoms with Crippen LogP contribution in [0.5, 0.6) is 5.75 Å². The second kappa shape index (κ2) is 9.51. The zero-order valence-electron chi connectivity index (χ0n) is 13.9. The third-order valence-corrected chi connectivity index (χ3v) is 3.45. The number of benzene rings is 2. The minimum Gasteiger partial charge on any atom is -0.497 e. The zero-order valence-corrected chi connectivity index (χ0v) is 13.9. The van der Waals surface area contributed by atoms with Gasteiger partial charge in [-0.1, -0.05) is 42.5 Å². The Morgan fingerprint density at radius 1 is 1.00 bits per heavy atom. The minimum atomic E-state index is 0.676. The fourth-order valence-corrected chi connectivity index (χ4v) is 2.25. The van der Waals surface area contributed by atoms with Crippen molar-refractivity contribution in [3.8, 4) is 5.75 Å². The summed E-state index contributed by atoms with van der Waals surface area (Å²) in [4.78, 5) is 4.62. The van der Waals surface area contributed by atoms with Crippen molar-refractivity contribution in [3.05, 3.63) is 65.7 Å². The standard InChI is InChI=1S/C19H25N3O/c1-3-20-19(22-15-17-8-5-4-6-9-17)21-13-12-16-10-7-11-18(14-16)23-2/h4-11,14H,3,12-13,15H2,1-2H3,(H2,20,21,22). The molecule has 23 heavy (non-hydrogen) atoms. The van der Waals surface area contributed by atoms with E-state index in [-0.39, 0.29) is 0 Å². The van der Waals surface area contributed by atoms with Gasteiger partial charge in [-0.3, -0.25) is 0 Å². The fourth-order valence-electron chi connectivity index (χ4n) is 2.25. The highest BCUT2D eigenvalue weighted by atomic mass is 16.5. The molecule has 0 aliphatic carbocycles. The summed E-state index contributed by atoms with van der Waals surface area (Å²) in [5.74, 6) is 1.74. The van der Waals surface area contributed by atoms with Crippen LogP contribution in [0.4, 0.5) is 0 Å². The molecule has 122 valence electrons. The van der Waals surface area contributed by atoms with Crippen LogP contribution in [0.25, 0.3) is 0 Å². The number of nitrogens with zero attached hydrogens (tertiary/aromatic N) is 1. The van der Waals surface area contributed by atoms with Crippen LogP contribution in [0, 0.1) is 0 Å². The molecule has 2 aromatic carbocycles. The maximum Gasteiger partial charge on any atom is 0.191 e. The summed E-state index contributed by atoms with van der Waals surface area (Å²) in [7, 11) is 1.69. The molecule has 0 aliphatic heterocycles. The summed E-state index contributed by atoms with van der Waals surface area (Å²) in [5.41, 5.74) is 2.45. The molecule has 2 N–H and O–H groups in total. The van der Waals surface area contributed by atoms with E-state index in [0.717, 1.165) is 31.2 Å². The van der Waals surface area contributed by atoms with Crippen molar-refractivity contribution in [2.75, 3.05) is 20.2 Å². The lowest BCUT2D eigenvalue weighted by molar-refractivity contribution is 0.414. The third-order valence-electron chi connectivity index (χ3n) is 3.45. The number of hydrogen-bond donors (Lipinski definition) is 2. The maximum atomic E-state index is 5.25. The van der Waals surface area contributed by atoms with Crippen molar-refractivity contribution in [1.29, 1.82) is 0 Å². The van der Waals surface area contributed by atoms with Crippen LogP contribution in [0.2, 0.25) is 0 Å². The normalized spacial score (nSPS) is 11.1. The highest BCUT2D eigenvalue weighted by Gasteiger charge is 1.99. The van der Waals surface area contributed by atoms with E-state index in [1.165, 1.54) is 11.1 Å². The van der Waals surface area contributed by atoms with Gasteiger partial charge in [0.15, 0.2) is 5.96 Å². The van der Waals surface area contributed by atoms with E-state index >= 15 is 0 Å². The van der Waals surface area contributed by atoms with Crippen LogP contribution >= 0.6 is 0 Å². The lowest BCUT2D eigenvalue weighted by Crippen LogP contribution is -2.38. The molecule has 0 aliphatic rings. The predicted molar refractivity (Wildman–Crippen MR) is 96.0 cm³/mol. The van der Waals surface area contributed by atoms with Crippen LogP contribution in [0.15, 0.2) is 59.6 Å². The first-order valence-corrected chi connectivity index (χ1v) is 8.01. The molecule has 0 saturated carbocycles. The Kier molecular flexibility index (Phi) is 6.98. The highest BCUT2D eigenvalue weighted by Crippen LogP contribution is 2.12. The van der Waals surface area contributed by atoms with Gasteiger partial charge in [-0.25, -0.2) is 4.99 Å². The van der Waals surface area contributed by atoms with Gasteiger partial charge in [-0.2, -0.15) is 0 Å². The van der Waals surface area contributed by atoms with Crippen LogP contribution in [0.1, 0.15) is 18.1 Å². The Hall–Kier alpha value is -2.49. The lowest BCUT2D eigenvalue weighted by Gasteiger charge is -2.11. The van der Waals surface area contributed by atoms with Gasteiger partial charge < -0.3 is 15.4 Å². The maximum absolute atomic E-state index is 5.25. The van der Waals surface area contributed by atoms with E-state index in [4.69, 9.17) is 4.74 Å². The largest absolute Gasteiger partial charge is 0.497 e. The number of hydrogen-bond acceptors (Lipinski definition) is 2. The molecule has 0 fully saturated rings. The predicted octanol–water partition coefficient (Wildman–Crippen LogP) is 2.99. The summed E-state index contributed by atoms with van der Waals surface area (Å²) >= 11 is 0. The molecule has 0 aromatic heterocycles. The zero-order chi connectivity index (χ0) is 16.3. The average Bonchev–Trinajstić information content (AvgIpc) is 2.61. The van der Waals surface area contributed by atoms with Crippen molar-refractivity contribution in [3.63, 3.8) is 0 Å². The molecule has 0 unspecified atom stereocenters. The molecule has 0 radical (unpaired) electrons. The highest BCUT2D eigenvalue weighted by molar-refractivity contribution is 5.79. The molecule has 4 heteroatoms. The molecule has 0 amide bonds. The molecule has 0 heterocycles. The van der Waals surface area contributed by atoms with Crippen molar-refractivity contribution in [2.24, 2.45) is 4.99 Å². The monoisotopic (exact) mass is 311 g/mol. The van der Waals surface area contributed by atoms with Gasteiger partial charge in [-0.15, -0.1) is 0 Å². The van der Waals surface area contributed by atoms with Crippen LogP contribution in [-0.4, -0.2) is 26.2 Å². The van der Waals surface area contributed by atoms with Crippen molar-refractivity contribution >= 4 is 5.96 Å². The molecular weight excluding hydrogens is 286 g/mol. The van der Waals surface area contributed by atoms with Crippen molar-refractivity contribution < 1.29 is 4.74 Å². The number of methoxy groups -OCH3 is 1. The summed E-state index contributed by atoms with van der Waals surface area (Å²) in [6.45, 7) is 4.42. The Morgan fingerprint density at radius 2 is 1.78 bits per heavy atom. The molecular formula is C19H25N3O. The fraction of sp³-hybridized carbons (Fsp3) is 0.316. The first-order chi connectivity index (χ1) is 11.3. The van der Waals surface area contributed by atoms with Gasteiger partial charge in [-0.05, 0) is 36.6 Å².